The number of rotatable bonds is 8. The van der Waals surface area contributed by atoms with Crippen molar-refractivity contribution in [2.75, 3.05) is 10.6 Å². The minimum atomic E-state index is -2.93. The lowest BCUT2D eigenvalue weighted by Gasteiger charge is -2.47. The molecule has 3 unspecified atom stereocenters. The molecular weight excluding hydrogens is 616 g/mol. The van der Waals surface area contributed by atoms with Gasteiger partial charge in [0.25, 0.3) is 0 Å². The number of fused-ring (bicyclic) bond motifs is 2. The lowest BCUT2D eigenvalue weighted by atomic mass is 9.75. The molecule has 4 aromatic rings. The number of carboxylic acid groups (broad SMARTS) is 1. The first-order valence-electron chi connectivity index (χ1n) is 16.2. The lowest BCUT2D eigenvalue weighted by molar-refractivity contribution is -0.0498. The molecule has 2 aliphatic heterocycles. The van der Waals surface area contributed by atoms with E-state index in [0.717, 1.165) is 40.9 Å². The SMILES string of the molecule is Cc1ccc(-n2nc(C(C)(C)C)cc2NC(=O)Nc2cccc(CC3CC4CCC(c5ccc(OC(F)F)cc5)(C3)N4C(=O)O)c2)cc1. The van der Waals surface area contributed by atoms with Crippen LogP contribution in [-0.2, 0) is 17.4 Å². The van der Waals surface area contributed by atoms with Gasteiger partial charge in [-0.1, -0.05) is 62.7 Å². The van der Waals surface area contributed by atoms with Crippen LogP contribution in [0.4, 0.5) is 29.9 Å². The highest BCUT2D eigenvalue weighted by Crippen LogP contribution is 2.53. The summed E-state index contributed by atoms with van der Waals surface area (Å²) in [5.74, 6) is 0.766. The number of nitrogens with zero attached hydrogens (tertiary/aromatic N) is 3. The molecule has 2 aliphatic rings. The number of carbonyl (C=O) groups excluding carboxylic acids is 1. The van der Waals surface area contributed by atoms with Gasteiger partial charge in [0.1, 0.15) is 11.6 Å². The van der Waals surface area contributed by atoms with E-state index in [9.17, 15) is 23.5 Å². The maximum atomic E-state index is 13.3. The Hall–Kier alpha value is -4.93. The Morgan fingerprint density at radius 3 is 2.44 bits per heavy atom. The van der Waals surface area contributed by atoms with E-state index in [-0.39, 0.29) is 23.1 Å². The van der Waals surface area contributed by atoms with Crippen LogP contribution < -0.4 is 15.4 Å². The summed E-state index contributed by atoms with van der Waals surface area (Å²) in [6.45, 7) is 5.31. The monoisotopic (exact) mass is 657 g/mol. The average molecular weight is 658 g/mol. The number of hydrogen-bond acceptors (Lipinski definition) is 4. The molecule has 3 atom stereocenters. The fourth-order valence-electron chi connectivity index (χ4n) is 7.32. The number of halogens is 2. The smallest absolute Gasteiger partial charge is 0.408 e. The van der Waals surface area contributed by atoms with Crippen molar-refractivity contribution in [1.29, 1.82) is 0 Å². The summed E-state index contributed by atoms with van der Waals surface area (Å²) in [5.41, 5.74) is 4.29. The molecule has 3 heterocycles. The lowest BCUT2D eigenvalue weighted by Crippen LogP contribution is -2.53. The number of piperidine rings is 1. The quantitative estimate of drug-likeness (QED) is 0.176. The van der Waals surface area contributed by atoms with Crippen molar-refractivity contribution in [1.82, 2.24) is 14.7 Å². The number of nitrogens with one attached hydrogen (secondary N) is 2. The first-order valence-corrected chi connectivity index (χ1v) is 16.2. The maximum absolute atomic E-state index is 13.3. The van der Waals surface area contributed by atoms with Crippen molar-refractivity contribution in [3.8, 4) is 11.4 Å². The second-order valence-electron chi connectivity index (χ2n) is 14.0. The number of alkyl halides is 2. The Labute approximate surface area is 278 Å². The molecule has 2 fully saturated rings. The van der Waals surface area contributed by atoms with Crippen LogP contribution in [-0.4, -0.2) is 44.6 Å². The third-order valence-corrected chi connectivity index (χ3v) is 9.48. The van der Waals surface area contributed by atoms with Gasteiger partial charge < -0.3 is 15.2 Å². The number of aryl methyl sites for hydroxylation is 1. The molecule has 2 bridgehead atoms. The van der Waals surface area contributed by atoms with Gasteiger partial charge in [0.15, 0.2) is 0 Å². The number of hydrogen-bond donors (Lipinski definition) is 3. The van der Waals surface area contributed by atoms with Gasteiger partial charge >= 0.3 is 18.7 Å². The molecular formula is C37H41F2N5O4. The summed E-state index contributed by atoms with van der Waals surface area (Å²) in [7, 11) is 0. The maximum Gasteiger partial charge on any atom is 0.408 e. The van der Waals surface area contributed by atoms with Crippen LogP contribution in [0.15, 0.2) is 78.9 Å². The van der Waals surface area contributed by atoms with Crippen LogP contribution in [0.1, 0.15) is 68.8 Å². The summed E-state index contributed by atoms with van der Waals surface area (Å²) in [6, 6.07) is 23.4. The van der Waals surface area contributed by atoms with Crippen LogP contribution in [0, 0.1) is 12.8 Å². The zero-order valence-corrected chi connectivity index (χ0v) is 27.5. The molecule has 0 aliphatic carbocycles. The topological polar surface area (TPSA) is 109 Å². The number of ether oxygens (including phenoxy) is 1. The van der Waals surface area contributed by atoms with Gasteiger partial charge in [-0.05, 0) is 92.5 Å². The molecule has 3 amide bonds. The number of urea groups is 1. The predicted octanol–water partition coefficient (Wildman–Crippen LogP) is 8.71. The first-order chi connectivity index (χ1) is 22.8. The van der Waals surface area contributed by atoms with E-state index in [0.29, 0.717) is 30.8 Å². The Balaban J connectivity index is 1.17. The first kappa shape index (κ1) is 33.0. The molecule has 0 spiro atoms. The zero-order chi connectivity index (χ0) is 34.2. The van der Waals surface area contributed by atoms with Gasteiger partial charge in [-0.3, -0.25) is 10.2 Å². The standard InChI is InChI=1S/C37H41F2N5O4/c1-23-8-12-28(13-9-23)44-32(21-31(42-44)36(2,3)4)41-34(45)40-27-7-5-6-24(19-27)18-25-20-29-16-17-37(22-25,43(29)35(46)47)26-10-14-30(15-11-26)48-33(38)39/h5-15,19,21,25,29,33H,16-18,20,22H2,1-4H3,(H,46,47)(H2,40,41,45). The van der Waals surface area contributed by atoms with Crippen LogP contribution in [0.3, 0.4) is 0 Å². The average Bonchev–Trinajstić information content (AvgIpc) is 3.55. The Bertz CT molecular complexity index is 1780. The third-order valence-electron chi connectivity index (χ3n) is 9.48. The highest BCUT2D eigenvalue weighted by Gasteiger charge is 2.54. The van der Waals surface area contributed by atoms with Crippen LogP contribution in [0.25, 0.3) is 5.69 Å². The molecule has 3 N–H and O–H groups in total. The Morgan fingerprint density at radius 2 is 1.77 bits per heavy atom. The third kappa shape index (κ3) is 6.86. The van der Waals surface area contributed by atoms with E-state index >= 15 is 0 Å². The van der Waals surface area contributed by atoms with E-state index in [1.165, 1.54) is 12.1 Å². The number of carbonyl (C=O) groups is 2. The molecule has 0 saturated carbocycles. The number of aromatic nitrogens is 2. The van der Waals surface area contributed by atoms with Crippen molar-refractivity contribution < 1.29 is 28.2 Å². The highest BCUT2D eigenvalue weighted by atomic mass is 19.3. The predicted molar refractivity (Wildman–Crippen MR) is 180 cm³/mol. The van der Waals surface area contributed by atoms with Gasteiger partial charge in [0.2, 0.25) is 0 Å². The van der Waals surface area contributed by atoms with Gasteiger partial charge in [-0.25, -0.2) is 14.3 Å². The fraction of sp³-hybridized carbons (Fsp3) is 0.378. The van der Waals surface area contributed by atoms with Gasteiger partial charge in [0, 0.05) is 23.2 Å². The van der Waals surface area contributed by atoms with E-state index in [2.05, 4.69) is 36.1 Å². The minimum Gasteiger partial charge on any atom is -0.465 e. The highest BCUT2D eigenvalue weighted by molar-refractivity contribution is 5.99. The molecule has 11 heteroatoms. The van der Waals surface area contributed by atoms with Crippen LogP contribution in [0.5, 0.6) is 5.75 Å². The Kier molecular flexibility index (Phi) is 8.89. The summed E-state index contributed by atoms with van der Waals surface area (Å²) < 4.78 is 31.7. The van der Waals surface area contributed by atoms with Crippen LogP contribution in [0.2, 0.25) is 0 Å². The van der Waals surface area contributed by atoms with Crippen molar-refractivity contribution in [3.63, 3.8) is 0 Å². The molecule has 2 saturated heterocycles. The normalized spacial score (nSPS) is 20.5. The fourth-order valence-corrected chi connectivity index (χ4v) is 7.32. The van der Waals surface area contributed by atoms with Crippen molar-refractivity contribution in [3.05, 3.63) is 101 Å². The van der Waals surface area contributed by atoms with Crippen molar-refractivity contribution in [2.45, 2.75) is 83.4 Å². The summed E-state index contributed by atoms with van der Waals surface area (Å²) in [4.78, 5) is 27.3. The van der Waals surface area contributed by atoms with Crippen molar-refractivity contribution in [2.24, 2.45) is 5.92 Å². The minimum absolute atomic E-state index is 0.0385. The summed E-state index contributed by atoms with van der Waals surface area (Å²) in [5, 5.41) is 20.9. The van der Waals surface area contributed by atoms with Gasteiger partial charge in [-0.2, -0.15) is 13.9 Å². The molecule has 1 aromatic heterocycles. The van der Waals surface area contributed by atoms with E-state index in [4.69, 9.17) is 5.10 Å². The molecule has 6 rings (SSSR count). The van der Waals surface area contributed by atoms with Crippen LogP contribution >= 0.6 is 0 Å². The summed E-state index contributed by atoms with van der Waals surface area (Å²) in [6.07, 6.45) is 2.44. The van der Waals surface area contributed by atoms with E-state index in [1.54, 1.807) is 21.7 Å². The van der Waals surface area contributed by atoms with E-state index in [1.807, 2.05) is 61.5 Å². The zero-order valence-electron chi connectivity index (χ0n) is 27.5. The molecule has 9 nitrogen and oxygen atoms in total. The summed E-state index contributed by atoms with van der Waals surface area (Å²) >= 11 is 0. The molecule has 252 valence electrons. The number of anilines is 2. The largest absolute Gasteiger partial charge is 0.465 e. The van der Waals surface area contributed by atoms with Gasteiger partial charge in [-0.15, -0.1) is 0 Å². The van der Waals surface area contributed by atoms with Crippen molar-refractivity contribution >= 4 is 23.6 Å². The molecule has 48 heavy (non-hydrogen) atoms. The second-order valence-corrected chi connectivity index (χ2v) is 14.0. The number of benzene rings is 3. The Morgan fingerprint density at radius 1 is 1.04 bits per heavy atom. The van der Waals surface area contributed by atoms with Gasteiger partial charge in [0.05, 0.1) is 16.9 Å². The molecule has 0 radical (unpaired) electrons. The molecule has 3 aromatic carbocycles. The van der Waals surface area contributed by atoms with E-state index < -0.39 is 24.3 Å². The number of amides is 3. The second kappa shape index (κ2) is 12.9.